The van der Waals surface area contributed by atoms with Crippen LogP contribution >= 0.6 is 11.3 Å². The number of imidazole rings is 1. The van der Waals surface area contributed by atoms with Crippen molar-refractivity contribution in [2.75, 3.05) is 0 Å². The summed E-state index contributed by atoms with van der Waals surface area (Å²) in [7, 11) is 0. The summed E-state index contributed by atoms with van der Waals surface area (Å²) < 4.78 is 2.03. The van der Waals surface area contributed by atoms with Crippen LogP contribution in [0.25, 0.3) is 4.96 Å². The van der Waals surface area contributed by atoms with E-state index in [0.29, 0.717) is 0 Å². The molecule has 0 radical (unpaired) electrons. The topological polar surface area (TPSA) is 54.6 Å². The maximum atomic E-state index is 10.6. The molecule has 0 unspecified atom stereocenters. The van der Waals surface area contributed by atoms with E-state index in [9.17, 15) is 4.79 Å². The van der Waals surface area contributed by atoms with Gasteiger partial charge in [0.25, 0.3) is 0 Å². The molecule has 2 heterocycles. The van der Waals surface area contributed by atoms with Gasteiger partial charge in [-0.05, 0) is 20.8 Å². The van der Waals surface area contributed by atoms with Gasteiger partial charge in [0.2, 0.25) is 0 Å². The number of rotatable bonds is 2. The van der Waals surface area contributed by atoms with Crippen LogP contribution in [-0.2, 0) is 11.2 Å². The van der Waals surface area contributed by atoms with Crippen LogP contribution in [0.4, 0.5) is 0 Å². The Balaban J connectivity index is 2.61. The Labute approximate surface area is 91.2 Å². The van der Waals surface area contributed by atoms with E-state index in [1.54, 1.807) is 0 Å². The van der Waals surface area contributed by atoms with Crippen molar-refractivity contribution in [1.29, 1.82) is 0 Å². The Hall–Kier alpha value is -1.36. The second-order valence-corrected chi connectivity index (χ2v) is 4.64. The summed E-state index contributed by atoms with van der Waals surface area (Å²) in [6.45, 7) is 5.90. The highest BCUT2D eigenvalue weighted by Crippen LogP contribution is 2.25. The number of aliphatic carboxylic acids is 1. The van der Waals surface area contributed by atoms with Crippen LogP contribution < -0.4 is 0 Å². The van der Waals surface area contributed by atoms with Crippen molar-refractivity contribution in [2.45, 2.75) is 27.2 Å². The van der Waals surface area contributed by atoms with E-state index in [2.05, 4.69) is 4.98 Å². The molecule has 80 valence electrons. The Bertz CT molecular complexity index is 539. The van der Waals surface area contributed by atoms with Gasteiger partial charge in [0.15, 0.2) is 4.96 Å². The smallest absolute Gasteiger partial charge is 0.308 e. The van der Waals surface area contributed by atoms with Crippen molar-refractivity contribution < 1.29 is 9.90 Å². The molecule has 4 nitrogen and oxygen atoms in total. The number of carbonyl (C=O) groups is 1. The van der Waals surface area contributed by atoms with Crippen LogP contribution in [-0.4, -0.2) is 20.5 Å². The lowest BCUT2D eigenvalue weighted by molar-refractivity contribution is -0.136. The van der Waals surface area contributed by atoms with Gasteiger partial charge in [0.05, 0.1) is 12.1 Å². The van der Waals surface area contributed by atoms with Gasteiger partial charge < -0.3 is 5.11 Å². The highest BCUT2D eigenvalue weighted by atomic mass is 32.1. The zero-order chi connectivity index (χ0) is 11.2. The first-order valence-electron chi connectivity index (χ1n) is 4.66. The zero-order valence-electron chi connectivity index (χ0n) is 8.87. The van der Waals surface area contributed by atoms with Crippen LogP contribution in [0.5, 0.6) is 0 Å². The third kappa shape index (κ3) is 1.52. The van der Waals surface area contributed by atoms with E-state index in [4.69, 9.17) is 5.11 Å². The van der Waals surface area contributed by atoms with Crippen LogP contribution in [0.3, 0.4) is 0 Å². The summed E-state index contributed by atoms with van der Waals surface area (Å²) in [6, 6.07) is 0. The highest BCUT2D eigenvalue weighted by Gasteiger charge is 2.15. The van der Waals surface area contributed by atoms with Crippen LogP contribution in [0, 0.1) is 20.8 Å². The van der Waals surface area contributed by atoms with Crippen LogP contribution in [0.1, 0.15) is 22.0 Å². The molecule has 0 aliphatic carbocycles. The molecule has 0 saturated carbocycles. The Kier molecular flexibility index (Phi) is 2.26. The summed E-state index contributed by atoms with van der Waals surface area (Å²) in [5, 5.41) is 8.75. The summed E-state index contributed by atoms with van der Waals surface area (Å²) in [5.41, 5.74) is 3.09. The third-order valence-corrected chi connectivity index (χ3v) is 3.72. The van der Waals surface area contributed by atoms with E-state index < -0.39 is 5.97 Å². The molecule has 0 amide bonds. The molecular formula is C10H12N2O2S. The lowest BCUT2D eigenvalue weighted by Gasteiger charge is -1.97. The number of hydrogen-bond donors (Lipinski definition) is 1. The molecule has 5 heteroatoms. The van der Waals surface area contributed by atoms with Crippen molar-refractivity contribution in [1.82, 2.24) is 9.38 Å². The highest BCUT2D eigenvalue weighted by molar-refractivity contribution is 7.17. The average molecular weight is 224 g/mol. The van der Waals surface area contributed by atoms with Gasteiger partial charge in [-0.2, -0.15) is 0 Å². The fourth-order valence-electron chi connectivity index (χ4n) is 1.65. The first-order valence-corrected chi connectivity index (χ1v) is 5.48. The Morgan fingerprint density at radius 2 is 2.07 bits per heavy atom. The van der Waals surface area contributed by atoms with Gasteiger partial charge in [-0.3, -0.25) is 9.20 Å². The molecule has 0 bridgehead atoms. The minimum Gasteiger partial charge on any atom is -0.481 e. The van der Waals surface area contributed by atoms with Crippen molar-refractivity contribution in [3.63, 3.8) is 0 Å². The molecule has 15 heavy (non-hydrogen) atoms. The number of fused-ring (bicyclic) bond motifs is 1. The Morgan fingerprint density at radius 1 is 1.40 bits per heavy atom. The van der Waals surface area contributed by atoms with Crippen LogP contribution in [0.15, 0.2) is 0 Å². The number of carboxylic acids is 1. The molecule has 0 aliphatic rings. The zero-order valence-corrected chi connectivity index (χ0v) is 9.68. The maximum Gasteiger partial charge on any atom is 0.308 e. The van der Waals surface area contributed by atoms with Gasteiger partial charge in [-0.1, -0.05) is 0 Å². The minimum atomic E-state index is -0.794. The Morgan fingerprint density at radius 3 is 2.60 bits per heavy atom. The van der Waals surface area contributed by atoms with Crippen molar-refractivity contribution in [3.8, 4) is 0 Å². The number of carboxylic acid groups (broad SMARTS) is 1. The number of thiazole rings is 1. The second kappa shape index (κ2) is 3.34. The normalized spacial score (nSPS) is 11.1. The molecule has 2 aromatic heterocycles. The summed E-state index contributed by atoms with van der Waals surface area (Å²) in [5.74, 6) is -0.794. The van der Waals surface area contributed by atoms with Crippen LogP contribution in [0.2, 0.25) is 0 Å². The largest absolute Gasteiger partial charge is 0.481 e. The average Bonchev–Trinajstić information content (AvgIpc) is 2.55. The third-order valence-electron chi connectivity index (χ3n) is 2.58. The maximum absolute atomic E-state index is 10.6. The molecule has 0 fully saturated rings. The van der Waals surface area contributed by atoms with E-state index >= 15 is 0 Å². The number of nitrogens with zero attached hydrogens (tertiary/aromatic N) is 2. The number of hydrogen-bond acceptors (Lipinski definition) is 3. The SMILES string of the molecule is Cc1nc2sc(CC(=O)O)c(C)n2c1C. The van der Waals surface area contributed by atoms with E-state index in [1.807, 2.05) is 25.2 Å². The predicted molar refractivity (Wildman–Crippen MR) is 58.6 cm³/mol. The molecule has 0 atom stereocenters. The number of aromatic nitrogens is 2. The van der Waals surface area contributed by atoms with E-state index in [0.717, 1.165) is 26.9 Å². The lowest BCUT2D eigenvalue weighted by Crippen LogP contribution is -2.00. The molecule has 1 N–H and O–H groups in total. The first kappa shape index (κ1) is 10.2. The molecule has 2 aromatic rings. The fourth-order valence-corrected chi connectivity index (χ4v) is 2.86. The molecule has 0 spiro atoms. The molecular weight excluding hydrogens is 212 g/mol. The van der Waals surface area contributed by atoms with Crippen molar-refractivity contribution in [2.24, 2.45) is 0 Å². The van der Waals surface area contributed by atoms with Crippen molar-refractivity contribution >= 4 is 22.3 Å². The molecule has 2 rings (SSSR count). The standard InChI is InChI=1S/C10H12N2O2S/c1-5-6(2)12-7(3)8(4-9(13)14)15-10(12)11-5/h4H2,1-3H3,(H,13,14). The monoisotopic (exact) mass is 224 g/mol. The number of aryl methyl sites for hydroxylation is 3. The summed E-state index contributed by atoms with van der Waals surface area (Å²) in [6.07, 6.45) is 0.0817. The summed E-state index contributed by atoms with van der Waals surface area (Å²) >= 11 is 1.46. The van der Waals surface area contributed by atoms with Gasteiger partial charge in [0.1, 0.15) is 0 Å². The van der Waals surface area contributed by atoms with E-state index in [-0.39, 0.29) is 6.42 Å². The van der Waals surface area contributed by atoms with E-state index in [1.165, 1.54) is 11.3 Å². The second-order valence-electron chi connectivity index (χ2n) is 3.58. The summed E-state index contributed by atoms with van der Waals surface area (Å²) in [4.78, 5) is 16.8. The first-order chi connectivity index (χ1) is 7.00. The minimum absolute atomic E-state index is 0.0817. The quantitative estimate of drug-likeness (QED) is 0.848. The van der Waals surface area contributed by atoms with Gasteiger partial charge in [-0.25, -0.2) is 4.98 Å². The van der Waals surface area contributed by atoms with Gasteiger partial charge in [0, 0.05) is 16.3 Å². The fraction of sp³-hybridized carbons (Fsp3) is 0.400. The predicted octanol–water partition coefficient (Wildman–Crippen LogP) is 1.95. The van der Waals surface area contributed by atoms with Gasteiger partial charge >= 0.3 is 5.97 Å². The molecule has 0 aromatic carbocycles. The molecule has 0 aliphatic heterocycles. The molecule has 0 saturated heterocycles. The van der Waals surface area contributed by atoms with Gasteiger partial charge in [-0.15, -0.1) is 11.3 Å². The van der Waals surface area contributed by atoms with Crippen molar-refractivity contribution in [3.05, 3.63) is 22.0 Å². The lowest BCUT2D eigenvalue weighted by atomic mass is 10.3.